The highest BCUT2D eigenvalue weighted by atomic mass is 35.5. The Balaban J connectivity index is 2.16. The molecule has 0 unspecified atom stereocenters. The van der Waals surface area contributed by atoms with Gasteiger partial charge in [-0.2, -0.15) is 0 Å². The zero-order chi connectivity index (χ0) is 16.8. The number of halogens is 1. The summed E-state index contributed by atoms with van der Waals surface area (Å²) in [5, 5.41) is 13.1. The second-order valence-corrected chi connectivity index (χ2v) is 5.12. The first-order chi connectivity index (χ1) is 11.1. The maximum Gasteiger partial charge on any atom is 0.257 e. The number of hydrogen-bond acceptors (Lipinski definition) is 4. The summed E-state index contributed by atoms with van der Waals surface area (Å²) in [6.45, 7) is 2.32. The third-order valence-corrected chi connectivity index (χ3v) is 3.52. The fourth-order valence-electron chi connectivity index (χ4n) is 2.07. The van der Waals surface area contributed by atoms with Crippen LogP contribution in [0.3, 0.4) is 0 Å². The van der Waals surface area contributed by atoms with Gasteiger partial charge in [-0.25, -0.2) is 0 Å². The number of carbonyl (C=O) groups is 1. The van der Waals surface area contributed by atoms with Gasteiger partial charge in [0, 0.05) is 22.3 Å². The van der Waals surface area contributed by atoms with Crippen molar-refractivity contribution in [3.63, 3.8) is 0 Å². The zero-order valence-corrected chi connectivity index (χ0v) is 13.6. The molecular formula is C17H18ClNO4. The van der Waals surface area contributed by atoms with Crippen molar-refractivity contribution in [1.82, 2.24) is 0 Å². The Morgan fingerprint density at radius 1 is 1.26 bits per heavy atom. The first-order valence-corrected chi connectivity index (χ1v) is 7.48. The van der Waals surface area contributed by atoms with Gasteiger partial charge in [-0.1, -0.05) is 29.8 Å². The van der Waals surface area contributed by atoms with Crippen LogP contribution in [0.5, 0.6) is 11.5 Å². The van der Waals surface area contributed by atoms with E-state index in [1.165, 1.54) is 7.11 Å². The van der Waals surface area contributed by atoms with Crippen molar-refractivity contribution in [3.8, 4) is 11.5 Å². The maximum atomic E-state index is 12.2. The van der Waals surface area contributed by atoms with Crippen LogP contribution in [0.15, 0.2) is 42.5 Å². The summed E-state index contributed by atoms with van der Waals surface area (Å²) >= 11 is 6.00. The second kappa shape index (κ2) is 7.85. The molecule has 0 spiro atoms. The van der Waals surface area contributed by atoms with E-state index in [9.17, 15) is 9.90 Å². The van der Waals surface area contributed by atoms with Gasteiger partial charge >= 0.3 is 0 Å². The summed E-state index contributed by atoms with van der Waals surface area (Å²) in [6.07, 6.45) is -1.36. The Bertz CT molecular complexity index is 690. The Kier molecular flexibility index (Phi) is 5.84. The lowest BCUT2D eigenvalue weighted by Gasteiger charge is -2.15. The average Bonchev–Trinajstić information content (AvgIpc) is 2.55. The largest absolute Gasteiger partial charge is 0.493 e. The fraction of sp³-hybridized carbons (Fsp3) is 0.235. The third-order valence-electron chi connectivity index (χ3n) is 3.18. The molecule has 5 nitrogen and oxygen atoms in total. The molecule has 23 heavy (non-hydrogen) atoms. The molecule has 0 heterocycles. The predicted octanol–water partition coefficient (Wildman–Crippen LogP) is 3.42. The molecule has 1 atom stereocenters. The molecule has 2 N–H and O–H groups in total. The summed E-state index contributed by atoms with van der Waals surface area (Å²) in [5.41, 5.74) is 0.843. The van der Waals surface area contributed by atoms with E-state index in [4.69, 9.17) is 21.1 Å². The normalized spacial score (nSPS) is 11.7. The number of hydrogen-bond donors (Lipinski definition) is 2. The highest BCUT2D eigenvalue weighted by Gasteiger charge is 2.20. The molecule has 2 aromatic rings. The average molecular weight is 336 g/mol. The van der Waals surface area contributed by atoms with Crippen LogP contribution in [-0.2, 0) is 4.79 Å². The van der Waals surface area contributed by atoms with E-state index in [0.29, 0.717) is 34.4 Å². The number of methoxy groups -OCH3 is 1. The number of ether oxygens (including phenoxy) is 2. The molecular weight excluding hydrogens is 318 g/mol. The van der Waals surface area contributed by atoms with Gasteiger partial charge in [-0.05, 0) is 25.1 Å². The second-order valence-electron chi connectivity index (χ2n) is 4.71. The van der Waals surface area contributed by atoms with Crippen LogP contribution in [0, 0.1) is 0 Å². The molecule has 0 aliphatic rings. The SMILES string of the molecule is CCOc1cc(NC(=O)[C@H](O)c2ccccc2Cl)ccc1OC. The van der Waals surface area contributed by atoms with Gasteiger partial charge in [-0.3, -0.25) is 4.79 Å². The minimum atomic E-state index is -1.36. The Morgan fingerprint density at radius 2 is 2.00 bits per heavy atom. The molecule has 0 saturated carbocycles. The molecule has 122 valence electrons. The smallest absolute Gasteiger partial charge is 0.257 e. The quantitative estimate of drug-likeness (QED) is 0.848. The third kappa shape index (κ3) is 4.15. The van der Waals surface area contributed by atoms with Crippen LogP contribution in [0.4, 0.5) is 5.69 Å². The minimum absolute atomic E-state index is 0.333. The van der Waals surface area contributed by atoms with E-state index in [-0.39, 0.29) is 0 Å². The molecule has 0 aliphatic heterocycles. The van der Waals surface area contributed by atoms with E-state index in [0.717, 1.165) is 0 Å². The highest BCUT2D eigenvalue weighted by Crippen LogP contribution is 2.31. The summed E-state index contributed by atoms with van der Waals surface area (Å²) in [5.74, 6) is 0.502. The van der Waals surface area contributed by atoms with Gasteiger partial charge in [0.1, 0.15) is 0 Å². The van der Waals surface area contributed by atoms with Crippen molar-refractivity contribution in [2.24, 2.45) is 0 Å². The number of aliphatic hydroxyl groups is 1. The number of nitrogens with one attached hydrogen (secondary N) is 1. The lowest BCUT2D eigenvalue weighted by atomic mass is 10.1. The molecule has 1 amide bonds. The lowest BCUT2D eigenvalue weighted by molar-refractivity contribution is -0.124. The lowest BCUT2D eigenvalue weighted by Crippen LogP contribution is -2.21. The van der Waals surface area contributed by atoms with Crippen LogP contribution in [-0.4, -0.2) is 24.7 Å². The number of anilines is 1. The molecule has 0 saturated heterocycles. The summed E-state index contributed by atoms with van der Waals surface area (Å²) in [6, 6.07) is 11.6. The van der Waals surface area contributed by atoms with Crippen LogP contribution in [0.25, 0.3) is 0 Å². The first kappa shape index (κ1) is 17.1. The van der Waals surface area contributed by atoms with Gasteiger partial charge in [-0.15, -0.1) is 0 Å². The van der Waals surface area contributed by atoms with Gasteiger partial charge in [0.25, 0.3) is 5.91 Å². The first-order valence-electron chi connectivity index (χ1n) is 7.11. The Hall–Kier alpha value is -2.24. The van der Waals surface area contributed by atoms with Gasteiger partial charge in [0.2, 0.25) is 0 Å². The van der Waals surface area contributed by atoms with Crippen molar-refractivity contribution in [2.75, 3.05) is 19.0 Å². The summed E-state index contributed by atoms with van der Waals surface area (Å²) < 4.78 is 10.6. The Morgan fingerprint density at radius 3 is 2.65 bits per heavy atom. The Labute approximate surface area is 139 Å². The van der Waals surface area contributed by atoms with Crippen molar-refractivity contribution in [1.29, 1.82) is 0 Å². The molecule has 0 aliphatic carbocycles. The topological polar surface area (TPSA) is 67.8 Å². The maximum absolute atomic E-state index is 12.2. The number of amides is 1. The van der Waals surface area contributed by atoms with Gasteiger partial charge in [0.15, 0.2) is 17.6 Å². The summed E-state index contributed by atoms with van der Waals surface area (Å²) in [7, 11) is 1.54. The molecule has 0 bridgehead atoms. The number of carbonyl (C=O) groups excluding carboxylic acids is 1. The van der Waals surface area contributed by atoms with Gasteiger partial charge in [0.05, 0.1) is 13.7 Å². The van der Waals surface area contributed by atoms with E-state index < -0.39 is 12.0 Å². The molecule has 6 heteroatoms. The number of rotatable bonds is 6. The van der Waals surface area contributed by atoms with Gasteiger partial charge < -0.3 is 19.9 Å². The van der Waals surface area contributed by atoms with Crippen molar-refractivity contribution in [3.05, 3.63) is 53.1 Å². The molecule has 0 aromatic heterocycles. The zero-order valence-electron chi connectivity index (χ0n) is 12.9. The van der Waals surface area contributed by atoms with Crippen molar-refractivity contribution < 1.29 is 19.4 Å². The molecule has 0 radical (unpaired) electrons. The van der Waals surface area contributed by atoms with E-state index >= 15 is 0 Å². The molecule has 2 aromatic carbocycles. The van der Waals surface area contributed by atoms with Crippen LogP contribution < -0.4 is 14.8 Å². The van der Waals surface area contributed by atoms with E-state index in [1.54, 1.807) is 42.5 Å². The minimum Gasteiger partial charge on any atom is -0.493 e. The molecule has 0 fully saturated rings. The van der Waals surface area contributed by atoms with E-state index in [1.807, 2.05) is 6.92 Å². The summed E-state index contributed by atoms with van der Waals surface area (Å²) in [4.78, 5) is 12.2. The number of aliphatic hydroxyl groups excluding tert-OH is 1. The van der Waals surface area contributed by atoms with Crippen LogP contribution in [0.1, 0.15) is 18.6 Å². The van der Waals surface area contributed by atoms with E-state index in [2.05, 4.69) is 5.32 Å². The van der Waals surface area contributed by atoms with Crippen molar-refractivity contribution in [2.45, 2.75) is 13.0 Å². The fourth-order valence-corrected chi connectivity index (χ4v) is 2.31. The predicted molar refractivity (Wildman–Crippen MR) is 89.2 cm³/mol. The number of benzene rings is 2. The van der Waals surface area contributed by atoms with Crippen LogP contribution in [0.2, 0.25) is 5.02 Å². The van der Waals surface area contributed by atoms with Crippen LogP contribution >= 0.6 is 11.6 Å². The standard InChI is InChI=1S/C17H18ClNO4/c1-3-23-15-10-11(8-9-14(15)22-2)19-17(21)16(20)12-6-4-5-7-13(12)18/h4-10,16,20H,3H2,1-2H3,(H,19,21)/t16-/m1/s1. The molecule has 2 rings (SSSR count). The van der Waals surface area contributed by atoms with Crippen molar-refractivity contribution >= 4 is 23.2 Å². The monoisotopic (exact) mass is 335 g/mol. The highest BCUT2D eigenvalue weighted by molar-refractivity contribution is 6.31.